The summed E-state index contributed by atoms with van der Waals surface area (Å²) in [6.07, 6.45) is 3.62. The van der Waals surface area contributed by atoms with Crippen LogP contribution in [0, 0.1) is 0 Å². The Kier molecular flexibility index (Phi) is 2.53. The summed E-state index contributed by atoms with van der Waals surface area (Å²) in [5.41, 5.74) is 3.33. The smallest absolute Gasteiger partial charge is 0.252 e. The molecule has 4 rings (SSSR count). The number of nitrogens with one attached hydrogen (secondary N) is 2. The highest BCUT2D eigenvalue weighted by atomic mass is 16.3. The molecule has 108 valence electrons. The highest BCUT2D eigenvalue weighted by Crippen LogP contribution is 2.36. The van der Waals surface area contributed by atoms with E-state index in [1.807, 2.05) is 12.3 Å². The molecule has 1 aliphatic heterocycles. The van der Waals surface area contributed by atoms with Crippen molar-refractivity contribution in [3.05, 3.63) is 41.6 Å². The van der Waals surface area contributed by atoms with E-state index in [-0.39, 0.29) is 11.7 Å². The number of hydrogen-bond acceptors (Lipinski definition) is 4. The van der Waals surface area contributed by atoms with Gasteiger partial charge in [0.05, 0.1) is 10.9 Å². The standard InChI is InChI=1S/C16H12N4O2/c1-8-6-9-7-17-14-12(9)15(18-16(8)22)20-19-13(14)10-4-2-3-5-11(10)21/h2-7,17,21H,1H3,(H,18,20,22). The van der Waals surface area contributed by atoms with Gasteiger partial charge in [-0.2, -0.15) is 0 Å². The van der Waals surface area contributed by atoms with E-state index in [4.69, 9.17) is 0 Å². The molecule has 0 saturated carbocycles. The molecule has 1 aliphatic rings. The van der Waals surface area contributed by atoms with Crippen LogP contribution >= 0.6 is 0 Å². The first-order chi connectivity index (χ1) is 10.6. The number of H-pyrrole nitrogens is 1. The molecular formula is C16H12N4O2. The monoisotopic (exact) mass is 292 g/mol. The van der Waals surface area contributed by atoms with E-state index >= 15 is 0 Å². The number of carbonyl (C=O) groups is 1. The number of para-hydroxylation sites is 1. The Balaban J connectivity index is 2.05. The van der Waals surface area contributed by atoms with E-state index in [0.29, 0.717) is 22.6 Å². The second kappa shape index (κ2) is 4.42. The summed E-state index contributed by atoms with van der Waals surface area (Å²) in [4.78, 5) is 15.1. The van der Waals surface area contributed by atoms with Gasteiger partial charge in [0.25, 0.3) is 5.91 Å². The summed E-state index contributed by atoms with van der Waals surface area (Å²) in [5.74, 6) is 0.359. The van der Waals surface area contributed by atoms with Crippen LogP contribution in [0.15, 0.2) is 36.0 Å². The number of anilines is 1. The predicted molar refractivity (Wildman–Crippen MR) is 83.3 cm³/mol. The molecule has 3 aromatic rings. The molecule has 0 unspecified atom stereocenters. The SMILES string of the molecule is CC1=Cc2c[nH]c3c(-c4ccccc4O)nnc(c23)NC1=O. The first-order valence-electron chi connectivity index (χ1n) is 6.81. The zero-order valence-electron chi connectivity index (χ0n) is 11.7. The normalized spacial score (nSPS) is 13.7. The molecule has 3 N–H and O–H groups in total. The van der Waals surface area contributed by atoms with E-state index in [1.165, 1.54) is 0 Å². The summed E-state index contributed by atoms with van der Waals surface area (Å²) in [5, 5.41) is 21.9. The Bertz CT molecular complexity index is 956. The highest BCUT2D eigenvalue weighted by Gasteiger charge is 2.21. The van der Waals surface area contributed by atoms with Gasteiger partial charge in [0.1, 0.15) is 11.4 Å². The van der Waals surface area contributed by atoms with Crippen molar-refractivity contribution in [3.8, 4) is 17.0 Å². The number of phenols is 1. The van der Waals surface area contributed by atoms with Crippen LogP contribution in [0.25, 0.3) is 28.2 Å². The van der Waals surface area contributed by atoms with Crippen molar-refractivity contribution in [1.82, 2.24) is 15.2 Å². The topological polar surface area (TPSA) is 90.9 Å². The number of aromatic hydroxyl groups is 1. The van der Waals surface area contributed by atoms with Gasteiger partial charge in [-0.25, -0.2) is 0 Å². The van der Waals surface area contributed by atoms with Gasteiger partial charge >= 0.3 is 0 Å². The molecule has 3 heterocycles. The lowest BCUT2D eigenvalue weighted by Gasteiger charge is -2.07. The van der Waals surface area contributed by atoms with Crippen LogP contribution in [0.4, 0.5) is 5.82 Å². The Hall–Kier alpha value is -3.15. The first kappa shape index (κ1) is 12.6. The van der Waals surface area contributed by atoms with Crippen molar-refractivity contribution >= 4 is 28.7 Å². The van der Waals surface area contributed by atoms with Crippen molar-refractivity contribution in [1.29, 1.82) is 0 Å². The number of aromatic nitrogens is 3. The molecular weight excluding hydrogens is 280 g/mol. The molecule has 1 amide bonds. The predicted octanol–water partition coefficient (Wildman–Crippen LogP) is 2.69. The molecule has 6 nitrogen and oxygen atoms in total. The van der Waals surface area contributed by atoms with Crippen LogP contribution in [0.1, 0.15) is 12.5 Å². The molecule has 0 atom stereocenters. The number of amides is 1. The fourth-order valence-corrected chi connectivity index (χ4v) is 2.65. The number of phenolic OH excluding ortho intramolecular Hbond substituents is 1. The van der Waals surface area contributed by atoms with Crippen molar-refractivity contribution in [3.63, 3.8) is 0 Å². The number of carbonyl (C=O) groups excluding carboxylic acids is 1. The number of nitrogens with zero attached hydrogens (tertiary/aromatic N) is 2. The van der Waals surface area contributed by atoms with E-state index in [9.17, 15) is 9.90 Å². The van der Waals surface area contributed by atoms with Gasteiger partial charge in [-0.15, -0.1) is 10.2 Å². The molecule has 0 radical (unpaired) electrons. The van der Waals surface area contributed by atoms with E-state index in [2.05, 4.69) is 20.5 Å². The minimum Gasteiger partial charge on any atom is -0.507 e. The van der Waals surface area contributed by atoms with Crippen molar-refractivity contribution in [2.45, 2.75) is 6.92 Å². The minimum absolute atomic E-state index is 0.132. The van der Waals surface area contributed by atoms with E-state index < -0.39 is 0 Å². The van der Waals surface area contributed by atoms with Crippen LogP contribution in [0.5, 0.6) is 5.75 Å². The van der Waals surface area contributed by atoms with Crippen LogP contribution in [-0.2, 0) is 4.79 Å². The van der Waals surface area contributed by atoms with Gasteiger partial charge < -0.3 is 15.4 Å². The summed E-state index contributed by atoms with van der Waals surface area (Å²) in [7, 11) is 0. The quantitative estimate of drug-likeness (QED) is 0.643. The molecule has 0 bridgehead atoms. The third-order valence-electron chi connectivity index (χ3n) is 3.76. The molecule has 0 spiro atoms. The average Bonchev–Trinajstić information content (AvgIpc) is 2.87. The summed E-state index contributed by atoms with van der Waals surface area (Å²) < 4.78 is 0. The zero-order chi connectivity index (χ0) is 15.3. The van der Waals surface area contributed by atoms with Crippen LogP contribution < -0.4 is 5.32 Å². The Morgan fingerprint density at radius 2 is 2.00 bits per heavy atom. The largest absolute Gasteiger partial charge is 0.507 e. The van der Waals surface area contributed by atoms with Crippen molar-refractivity contribution in [2.75, 3.05) is 5.32 Å². The zero-order valence-corrected chi connectivity index (χ0v) is 11.7. The van der Waals surface area contributed by atoms with Gasteiger partial charge in [-0.1, -0.05) is 12.1 Å². The first-order valence-corrected chi connectivity index (χ1v) is 6.81. The number of aromatic amines is 1. The maximum atomic E-state index is 11.9. The average molecular weight is 292 g/mol. The molecule has 0 fully saturated rings. The Morgan fingerprint density at radius 1 is 1.18 bits per heavy atom. The molecule has 0 saturated heterocycles. The van der Waals surface area contributed by atoms with Gasteiger partial charge in [-0.3, -0.25) is 4.79 Å². The molecule has 22 heavy (non-hydrogen) atoms. The third kappa shape index (κ3) is 1.70. The highest BCUT2D eigenvalue weighted by molar-refractivity contribution is 6.15. The number of rotatable bonds is 1. The summed E-state index contributed by atoms with van der Waals surface area (Å²) in [6.45, 7) is 1.75. The van der Waals surface area contributed by atoms with Crippen LogP contribution in [-0.4, -0.2) is 26.2 Å². The third-order valence-corrected chi connectivity index (χ3v) is 3.76. The molecule has 0 aliphatic carbocycles. The minimum atomic E-state index is -0.192. The second-order valence-corrected chi connectivity index (χ2v) is 5.19. The lowest BCUT2D eigenvalue weighted by molar-refractivity contribution is -0.112. The second-order valence-electron chi connectivity index (χ2n) is 5.19. The maximum Gasteiger partial charge on any atom is 0.252 e. The molecule has 2 aromatic heterocycles. The van der Waals surface area contributed by atoms with Gasteiger partial charge in [0.2, 0.25) is 0 Å². The van der Waals surface area contributed by atoms with Gasteiger partial charge in [-0.05, 0) is 25.1 Å². The number of hydrogen-bond donors (Lipinski definition) is 3. The van der Waals surface area contributed by atoms with E-state index in [0.717, 1.165) is 16.5 Å². The van der Waals surface area contributed by atoms with Gasteiger partial charge in [0, 0.05) is 22.9 Å². The molecule has 1 aromatic carbocycles. The van der Waals surface area contributed by atoms with Crippen molar-refractivity contribution in [2.24, 2.45) is 0 Å². The van der Waals surface area contributed by atoms with Crippen molar-refractivity contribution < 1.29 is 9.90 Å². The Labute approximate surface area is 125 Å². The fraction of sp³-hybridized carbons (Fsp3) is 0.0625. The van der Waals surface area contributed by atoms with Gasteiger partial charge in [0.15, 0.2) is 5.82 Å². The maximum absolute atomic E-state index is 11.9. The van der Waals surface area contributed by atoms with E-state index in [1.54, 1.807) is 31.2 Å². The lowest BCUT2D eigenvalue weighted by atomic mass is 10.1. The Morgan fingerprint density at radius 3 is 2.82 bits per heavy atom. The lowest BCUT2D eigenvalue weighted by Crippen LogP contribution is -2.13. The number of benzene rings is 1. The summed E-state index contributed by atoms with van der Waals surface area (Å²) in [6, 6.07) is 6.95. The fourth-order valence-electron chi connectivity index (χ4n) is 2.65. The van der Waals surface area contributed by atoms with Crippen LogP contribution in [0.2, 0.25) is 0 Å². The van der Waals surface area contributed by atoms with Crippen LogP contribution in [0.3, 0.4) is 0 Å². The molecule has 6 heteroatoms. The summed E-state index contributed by atoms with van der Waals surface area (Å²) >= 11 is 0.